The third-order valence-electron chi connectivity index (χ3n) is 4.57. The molecule has 2 saturated heterocycles. The highest BCUT2D eigenvalue weighted by molar-refractivity contribution is 4.86. The minimum absolute atomic E-state index is 0.808. The highest BCUT2D eigenvalue weighted by Gasteiger charge is 2.29. The zero-order chi connectivity index (χ0) is 11.4. The first-order valence-corrected chi connectivity index (χ1v) is 7.28. The normalized spacial score (nSPS) is 30.8. The Balaban J connectivity index is 1.73. The van der Waals surface area contributed by atoms with E-state index in [-0.39, 0.29) is 0 Å². The summed E-state index contributed by atoms with van der Waals surface area (Å²) in [6.07, 6.45) is 8.36. The first-order valence-electron chi connectivity index (χ1n) is 7.28. The molecule has 0 bridgehead atoms. The Labute approximate surface area is 101 Å². The molecule has 0 aromatic carbocycles. The van der Waals surface area contributed by atoms with Crippen molar-refractivity contribution in [3.63, 3.8) is 0 Å². The van der Waals surface area contributed by atoms with Crippen molar-refractivity contribution >= 4 is 0 Å². The van der Waals surface area contributed by atoms with Crippen molar-refractivity contribution in [2.24, 2.45) is 5.92 Å². The zero-order valence-corrected chi connectivity index (χ0v) is 11.0. The van der Waals surface area contributed by atoms with E-state index in [4.69, 9.17) is 0 Å². The minimum atomic E-state index is 0.808. The van der Waals surface area contributed by atoms with Crippen LogP contribution in [0.15, 0.2) is 0 Å². The first kappa shape index (κ1) is 12.4. The summed E-state index contributed by atoms with van der Waals surface area (Å²) in [5.41, 5.74) is 0. The molecule has 0 saturated carbocycles. The highest BCUT2D eigenvalue weighted by Crippen LogP contribution is 2.26. The summed E-state index contributed by atoms with van der Waals surface area (Å²) in [5.74, 6) is 0.965. The van der Waals surface area contributed by atoms with Crippen LogP contribution in [0.5, 0.6) is 0 Å². The van der Waals surface area contributed by atoms with Gasteiger partial charge in [0.2, 0.25) is 0 Å². The minimum Gasteiger partial charge on any atom is -0.314 e. The molecule has 2 fully saturated rings. The maximum absolute atomic E-state index is 3.68. The van der Waals surface area contributed by atoms with Crippen LogP contribution in [0, 0.1) is 5.92 Å². The molecule has 0 radical (unpaired) electrons. The molecule has 94 valence electrons. The molecule has 1 N–H and O–H groups in total. The first-order chi connectivity index (χ1) is 7.81. The van der Waals surface area contributed by atoms with Gasteiger partial charge in [-0.05, 0) is 64.6 Å². The van der Waals surface area contributed by atoms with Crippen molar-refractivity contribution in [1.29, 1.82) is 0 Å². The lowest BCUT2D eigenvalue weighted by atomic mass is 9.88. The van der Waals surface area contributed by atoms with Gasteiger partial charge in [0, 0.05) is 12.1 Å². The largest absolute Gasteiger partial charge is 0.314 e. The van der Waals surface area contributed by atoms with E-state index in [1.165, 1.54) is 58.2 Å². The molecule has 0 aromatic heterocycles. The van der Waals surface area contributed by atoms with E-state index in [1.54, 1.807) is 0 Å². The predicted octanol–water partition coefficient (Wildman–Crippen LogP) is 2.64. The molecule has 16 heavy (non-hydrogen) atoms. The Hall–Kier alpha value is -0.0800. The summed E-state index contributed by atoms with van der Waals surface area (Å²) in [5, 5.41) is 3.68. The fraction of sp³-hybridized carbons (Fsp3) is 1.00. The van der Waals surface area contributed by atoms with Gasteiger partial charge in [0.1, 0.15) is 0 Å². The van der Waals surface area contributed by atoms with Gasteiger partial charge in [-0.15, -0.1) is 0 Å². The fourth-order valence-corrected chi connectivity index (χ4v) is 3.48. The van der Waals surface area contributed by atoms with Crippen LogP contribution in [-0.2, 0) is 0 Å². The van der Waals surface area contributed by atoms with Crippen LogP contribution in [0.4, 0.5) is 0 Å². The van der Waals surface area contributed by atoms with Crippen LogP contribution >= 0.6 is 0 Å². The van der Waals surface area contributed by atoms with E-state index in [0.717, 1.165) is 18.0 Å². The second-order valence-electron chi connectivity index (χ2n) is 5.71. The van der Waals surface area contributed by atoms with Crippen LogP contribution in [0.1, 0.15) is 52.4 Å². The molecular formula is C14H28N2. The van der Waals surface area contributed by atoms with E-state index in [2.05, 4.69) is 24.1 Å². The van der Waals surface area contributed by atoms with Gasteiger partial charge in [0.05, 0.1) is 0 Å². The summed E-state index contributed by atoms with van der Waals surface area (Å²) in [6, 6.07) is 1.66. The van der Waals surface area contributed by atoms with Gasteiger partial charge >= 0.3 is 0 Å². The number of likely N-dealkylation sites (tertiary alicyclic amines) is 1. The van der Waals surface area contributed by atoms with Gasteiger partial charge in [-0.3, -0.25) is 0 Å². The molecule has 2 atom stereocenters. The third kappa shape index (κ3) is 2.98. The summed E-state index contributed by atoms with van der Waals surface area (Å²) < 4.78 is 0. The molecule has 0 amide bonds. The SMILES string of the molecule is CCCC(C)N1CCC(C2CCCN2)CC1. The lowest BCUT2D eigenvalue weighted by molar-refractivity contribution is 0.121. The number of nitrogens with one attached hydrogen (secondary N) is 1. The Bertz CT molecular complexity index is 191. The molecule has 2 heteroatoms. The van der Waals surface area contributed by atoms with Gasteiger partial charge in [0.25, 0.3) is 0 Å². The molecule has 0 spiro atoms. The van der Waals surface area contributed by atoms with Crippen molar-refractivity contribution in [3.05, 3.63) is 0 Å². The number of piperidine rings is 1. The van der Waals surface area contributed by atoms with Gasteiger partial charge in [-0.2, -0.15) is 0 Å². The number of hydrogen-bond donors (Lipinski definition) is 1. The average Bonchev–Trinajstić information content (AvgIpc) is 2.83. The van der Waals surface area contributed by atoms with E-state index < -0.39 is 0 Å². The smallest absolute Gasteiger partial charge is 0.00967 e. The second-order valence-corrected chi connectivity index (χ2v) is 5.71. The Morgan fingerprint density at radius 1 is 1.25 bits per heavy atom. The Kier molecular flexibility index (Phi) is 4.66. The Morgan fingerprint density at radius 2 is 2.00 bits per heavy atom. The lowest BCUT2D eigenvalue weighted by Gasteiger charge is -2.38. The van der Waals surface area contributed by atoms with Crippen LogP contribution in [0.25, 0.3) is 0 Å². The van der Waals surface area contributed by atoms with Gasteiger partial charge < -0.3 is 10.2 Å². The molecule has 2 heterocycles. The maximum atomic E-state index is 3.68. The molecule has 0 aromatic rings. The maximum Gasteiger partial charge on any atom is 0.00967 e. The summed E-state index contributed by atoms with van der Waals surface area (Å²) >= 11 is 0. The van der Waals surface area contributed by atoms with E-state index >= 15 is 0 Å². The molecule has 2 rings (SSSR count). The topological polar surface area (TPSA) is 15.3 Å². The van der Waals surface area contributed by atoms with Gasteiger partial charge in [-0.1, -0.05) is 13.3 Å². The quantitative estimate of drug-likeness (QED) is 0.790. The van der Waals surface area contributed by atoms with Gasteiger partial charge in [-0.25, -0.2) is 0 Å². The van der Waals surface area contributed by atoms with E-state index in [9.17, 15) is 0 Å². The number of rotatable bonds is 4. The molecule has 2 unspecified atom stereocenters. The van der Waals surface area contributed by atoms with E-state index in [0.29, 0.717) is 0 Å². The fourth-order valence-electron chi connectivity index (χ4n) is 3.48. The average molecular weight is 224 g/mol. The second kappa shape index (κ2) is 6.02. The van der Waals surface area contributed by atoms with Crippen LogP contribution in [-0.4, -0.2) is 36.6 Å². The number of hydrogen-bond acceptors (Lipinski definition) is 2. The standard InChI is InChI=1S/C14H28N2/c1-3-5-12(2)16-10-7-13(8-11-16)14-6-4-9-15-14/h12-15H,3-11H2,1-2H3. The molecule has 2 aliphatic heterocycles. The monoisotopic (exact) mass is 224 g/mol. The van der Waals surface area contributed by atoms with Crippen molar-refractivity contribution < 1.29 is 0 Å². The van der Waals surface area contributed by atoms with E-state index in [1.807, 2.05) is 0 Å². The lowest BCUT2D eigenvalue weighted by Crippen LogP contribution is -2.44. The summed E-state index contributed by atoms with van der Waals surface area (Å²) in [7, 11) is 0. The van der Waals surface area contributed by atoms with Gasteiger partial charge in [0.15, 0.2) is 0 Å². The Morgan fingerprint density at radius 3 is 2.56 bits per heavy atom. The summed E-state index contributed by atoms with van der Waals surface area (Å²) in [6.45, 7) is 8.63. The molecule has 0 aliphatic carbocycles. The van der Waals surface area contributed by atoms with Crippen molar-refractivity contribution in [2.45, 2.75) is 64.5 Å². The zero-order valence-electron chi connectivity index (χ0n) is 11.0. The molecule has 2 nitrogen and oxygen atoms in total. The third-order valence-corrected chi connectivity index (χ3v) is 4.57. The number of nitrogens with zero attached hydrogens (tertiary/aromatic N) is 1. The van der Waals surface area contributed by atoms with Crippen molar-refractivity contribution in [2.75, 3.05) is 19.6 Å². The van der Waals surface area contributed by atoms with Crippen LogP contribution in [0.2, 0.25) is 0 Å². The van der Waals surface area contributed by atoms with Crippen molar-refractivity contribution in [3.8, 4) is 0 Å². The van der Waals surface area contributed by atoms with Crippen LogP contribution < -0.4 is 5.32 Å². The molecule has 2 aliphatic rings. The molecular weight excluding hydrogens is 196 g/mol. The summed E-state index contributed by atoms with van der Waals surface area (Å²) in [4.78, 5) is 2.70. The van der Waals surface area contributed by atoms with Crippen molar-refractivity contribution in [1.82, 2.24) is 10.2 Å². The van der Waals surface area contributed by atoms with Crippen LogP contribution in [0.3, 0.4) is 0 Å². The highest BCUT2D eigenvalue weighted by atomic mass is 15.2. The predicted molar refractivity (Wildman–Crippen MR) is 69.7 cm³/mol.